The summed E-state index contributed by atoms with van der Waals surface area (Å²) in [5, 5.41) is 23.1. The molecule has 1 amide bonds. The molecule has 0 heterocycles. The Morgan fingerprint density at radius 3 is 2.48 bits per heavy atom. The molecule has 6 nitrogen and oxygen atoms in total. The standard InChI is InChI=1S/C23H33N3O3/c1-17-7-10-19(11-8-17)26(2)14-6-4-3-5-13-25-16-22(28)18-9-12-21(27)20(15-18)23(24)29/h7-12,15,22,25,27-28H,3-6,13-14,16H2,1-2H3,(H2,24,29). The number of anilines is 1. The fourth-order valence-corrected chi connectivity index (χ4v) is 3.20. The lowest BCUT2D eigenvalue weighted by Gasteiger charge is -2.19. The van der Waals surface area contributed by atoms with E-state index >= 15 is 0 Å². The molecule has 0 spiro atoms. The number of nitrogens with two attached hydrogens (primary N) is 1. The fourth-order valence-electron chi connectivity index (χ4n) is 3.20. The molecule has 0 aliphatic carbocycles. The van der Waals surface area contributed by atoms with Crippen LogP contribution < -0.4 is 16.0 Å². The third-order valence-corrected chi connectivity index (χ3v) is 5.08. The normalized spacial score (nSPS) is 12.0. The van der Waals surface area contributed by atoms with Gasteiger partial charge < -0.3 is 26.2 Å². The van der Waals surface area contributed by atoms with Gasteiger partial charge in [-0.2, -0.15) is 0 Å². The Balaban J connectivity index is 1.58. The monoisotopic (exact) mass is 399 g/mol. The quantitative estimate of drug-likeness (QED) is 0.411. The molecular formula is C23H33N3O3. The van der Waals surface area contributed by atoms with Crippen LogP contribution in [-0.2, 0) is 0 Å². The summed E-state index contributed by atoms with van der Waals surface area (Å²) in [6.45, 7) is 4.35. The van der Waals surface area contributed by atoms with E-state index in [-0.39, 0.29) is 11.3 Å². The Hall–Kier alpha value is -2.57. The number of phenols is 1. The van der Waals surface area contributed by atoms with E-state index in [2.05, 4.69) is 48.5 Å². The van der Waals surface area contributed by atoms with Gasteiger partial charge in [0.25, 0.3) is 5.91 Å². The molecular weight excluding hydrogens is 366 g/mol. The SMILES string of the molecule is Cc1ccc(N(C)CCCCCCNCC(O)c2ccc(O)c(C(N)=O)c2)cc1. The van der Waals surface area contributed by atoms with Crippen molar-refractivity contribution in [3.05, 3.63) is 59.2 Å². The molecule has 29 heavy (non-hydrogen) atoms. The number of rotatable bonds is 12. The number of benzene rings is 2. The van der Waals surface area contributed by atoms with Gasteiger partial charge in [0.15, 0.2) is 0 Å². The molecule has 0 saturated carbocycles. The number of amides is 1. The van der Waals surface area contributed by atoms with Crippen molar-refractivity contribution in [2.24, 2.45) is 5.73 Å². The summed E-state index contributed by atoms with van der Waals surface area (Å²) < 4.78 is 0. The van der Waals surface area contributed by atoms with Crippen molar-refractivity contribution in [2.45, 2.75) is 38.7 Å². The summed E-state index contributed by atoms with van der Waals surface area (Å²) in [6, 6.07) is 13.0. The predicted molar refractivity (Wildman–Crippen MR) is 117 cm³/mol. The highest BCUT2D eigenvalue weighted by molar-refractivity contribution is 5.95. The average Bonchev–Trinajstić information content (AvgIpc) is 2.70. The summed E-state index contributed by atoms with van der Waals surface area (Å²) in [4.78, 5) is 13.6. The largest absolute Gasteiger partial charge is 0.507 e. The Morgan fingerprint density at radius 1 is 1.10 bits per heavy atom. The molecule has 5 N–H and O–H groups in total. The lowest BCUT2D eigenvalue weighted by atomic mass is 10.0. The summed E-state index contributed by atoms with van der Waals surface area (Å²) in [7, 11) is 2.13. The van der Waals surface area contributed by atoms with Crippen molar-refractivity contribution in [1.29, 1.82) is 0 Å². The summed E-state index contributed by atoms with van der Waals surface area (Å²) in [6.07, 6.45) is 3.74. The first-order chi connectivity index (χ1) is 13.9. The minimum Gasteiger partial charge on any atom is -0.507 e. The van der Waals surface area contributed by atoms with Crippen molar-refractivity contribution in [3.8, 4) is 5.75 Å². The molecule has 6 heteroatoms. The zero-order valence-corrected chi connectivity index (χ0v) is 17.4. The van der Waals surface area contributed by atoms with Gasteiger partial charge in [-0.05, 0) is 56.1 Å². The second-order valence-corrected chi connectivity index (χ2v) is 7.53. The van der Waals surface area contributed by atoms with Gasteiger partial charge in [0, 0.05) is 25.8 Å². The smallest absolute Gasteiger partial charge is 0.252 e. The van der Waals surface area contributed by atoms with E-state index in [1.165, 1.54) is 29.8 Å². The van der Waals surface area contributed by atoms with E-state index in [0.29, 0.717) is 12.1 Å². The van der Waals surface area contributed by atoms with Crippen LogP contribution in [0.1, 0.15) is 53.3 Å². The van der Waals surface area contributed by atoms with Gasteiger partial charge in [0.2, 0.25) is 0 Å². The average molecular weight is 400 g/mol. The number of aliphatic hydroxyl groups is 1. The van der Waals surface area contributed by atoms with Crippen LogP contribution in [0.3, 0.4) is 0 Å². The van der Waals surface area contributed by atoms with Crippen LogP contribution in [0.2, 0.25) is 0 Å². The molecule has 0 fully saturated rings. The zero-order valence-electron chi connectivity index (χ0n) is 17.4. The van der Waals surface area contributed by atoms with Crippen LogP contribution in [0, 0.1) is 6.92 Å². The number of carbonyl (C=O) groups excluding carboxylic acids is 1. The Kier molecular flexibility index (Phi) is 8.96. The highest BCUT2D eigenvalue weighted by atomic mass is 16.3. The lowest BCUT2D eigenvalue weighted by Crippen LogP contribution is -2.23. The first-order valence-corrected chi connectivity index (χ1v) is 10.2. The molecule has 1 atom stereocenters. The Labute approximate surface area is 173 Å². The molecule has 0 aliphatic heterocycles. The van der Waals surface area contributed by atoms with E-state index in [4.69, 9.17) is 5.73 Å². The minimum absolute atomic E-state index is 0.0251. The van der Waals surface area contributed by atoms with Crippen LogP contribution in [0.5, 0.6) is 5.75 Å². The number of aliphatic hydroxyl groups excluding tert-OH is 1. The maximum Gasteiger partial charge on any atom is 0.252 e. The first-order valence-electron chi connectivity index (χ1n) is 10.2. The number of carbonyl (C=O) groups is 1. The third kappa shape index (κ3) is 7.40. The van der Waals surface area contributed by atoms with Crippen molar-refractivity contribution >= 4 is 11.6 Å². The maximum absolute atomic E-state index is 11.3. The van der Waals surface area contributed by atoms with Gasteiger partial charge in [-0.3, -0.25) is 4.79 Å². The van der Waals surface area contributed by atoms with E-state index in [9.17, 15) is 15.0 Å². The van der Waals surface area contributed by atoms with E-state index < -0.39 is 12.0 Å². The van der Waals surface area contributed by atoms with Gasteiger partial charge in [0.1, 0.15) is 5.75 Å². The summed E-state index contributed by atoms with van der Waals surface area (Å²) in [5.41, 5.74) is 8.33. The molecule has 2 aromatic rings. The zero-order chi connectivity index (χ0) is 21.2. The molecule has 0 aliphatic rings. The number of nitrogens with zero attached hydrogens (tertiary/aromatic N) is 1. The second-order valence-electron chi connectivity index (χ2n) is 7.53. The van der Waals surface area contributed by atoms with Gasteiger partial charge in [-0.15, -0.1) is 0 Å². The van der Waals surface area contributed by atoms with Crippen molar-refractivity contribution in [1.82, 2.24) is 5.32 Å². The Bertz CT molecular complexity index is 777. The topological polar surface area (TPSA) is 98.8 Å². The van der Waals surface area contributed by atoms with E-state index in [1.54, 1.807) is 6.07 Å². The fraction of sp³-hybridized carbons (Fsp3) is 0.435. The molecule has 0 aromatic heterocycles. The highest BCUT2D eigenvalue weighted by Crippen LogP contribution is 2.22. The van der Waals surface area contributed by atoms with Crippen LogP contribution in [-0.4, -0.2) is 42.8 Å². The number of hydrogen-bond acceptors (Lipinski definition) is 5. The van der Waals surface area contributed by atoms with Gasteiger partial charge >= 0.3 is 0 Å². The predicted octanol–water partition coefficient (Wildman–Crippen LogP) is 3.12. The molecule has 1 unspecified atom stereocenters. The maximum atomic E-state index is 11.3. The third-order valence-electron chi connectivity index (χ3n) is 5.08. The molecule has 0 radical (unpaired) electrons. The van der Waals surface area contributed by atoms with Gasteiger partial charge in [-0.25, -0.2) is 0 Å². The van der Waals surface area contributed by atoms with Crippen LogP contribution >= 0.6 is 0 Å². The number of hydrogen-bond donors (Lipinski definition) is 4. The Morgan fingerprint density at radius 2 is 1.79 bits per heavy atom. The van der Waals surface area contributed by atoms with Crippen molar-refractivity contribution in [2.75, 3.05) is 31.6 Å². The van der Waals surface area contributed by atoms with Crippen molar-refractivity contribution in [3.63, 3.8) is 0 Å². The minimum atomic E-state index is -0.753. The molecule has 0 bridgehead atoms. The number of unbranched alkanes of at least 4 members (excludes halogenated alkanes) is 3. The summed E-state index contributed by atoms with van der Waals surface area (Å²) in [5.74, 6) is -0.882. The molecule has 158 valence electrons. The number of nitrogens with one attached hydrogen (secondary N) is 1. The number of primary amides is 1. The van der Waals surface area contributed by atoms with E-state index in [0.717, 1.165) is 32.4 Å². The van der Waals surface area contributed by atoms with Crippen LogP contribution in [0.4, 0.5) is 5.69 Å². The number of aryl methyl sites for hydroxylation is 1. The van der Waals surface area contributed by atoms with E-state index in [1.807, 2.05) is 0 Å². The molecule has 2 rings (SSSR count). The first kappa shape index (κ1) is 22.7. The second kappa shape index (κ2) is 11.4. The molecule has 0 saturated heterocycles. The van der Waals surface area contributed by atoms with Gasteiger partial charge in [0.05, 0.1) is 11.7 Å². The highest BCUT2D eigenvalue weighted by Gasteiger charge is 2.13. The number of aromatic hydroxyl groups is 1. The molecule has 2 aromatic carbocycles. The van der Waals surface area contributed by atoms with Gasteiger partial charge in [-0.1, -0.05) is 36.6 Å². The van der Waals surface area contributed by atoms with Crippen LogP contribution in [0.15, 0.2) is 42.5 Å². The van der Waals surface area contributed by atoms with Crippen molar-refractivity contribution < 1.29 is 15.0 Å². The summed E-state index contributed by atoms with van der Waals surface area (Å²) >= 11 is 0. The lowest BCUT2D eigenvalue weighted by molar-refractivity contribution is 0.0997. The van der Waals surface area contributed by atoms with Crippen LogP contribution in [0.25, 0.3) is 0 Å².